The Morgan fingerprint density at radius 3 is 2.38 bits per heavy atom. The van der Waals surface area contributed by atoms with E-state index in [1.54, 1.807) is 6.92 Å². The molecule has 0 bridgehead atoms. The van der Waals surface area contributed by atoms with Gasteiger partial charge >= 0.3 is 0 Å². The second-order valence-corrected chi connectivity index (χ2v) is 10.7. The molecule has 0 radical (unpaired) electrons. The van der Waals surface area contributed by atoms with Crippen LogP contribution in [0.2, 0.25) is 0 Å². The van der Waals surface area contributed by atoms with E-state index in [9.17, 15) is 16.8 Å². The zero-order chi connectivity index (χ0) is 18.9. The topological polar surface area (TPSA) is 86.8 Å². The number of benzene rings is 1. The molecule has 2 atom stereocenters. The molecular weight excluding hydrogens is 374 g/mol. The third kappa shape index (κ3) is 3.96. The quantitative estimate of drug-likeness (QED) is 0.775. The molecule has 2 fully saturated rings. The van der Waals surface area contributed by atoms with Crippen LogP contribution in [0.25, 0.3) is 0 Å². The summed E-state index contributed by atoms with van der Waals surface area (Å²) in [4.78, 5) is 2.58. The molecule has 9 heteroatoms. The molecule has 0 aromatic heterocycles. The lowest BCUT2D eigenvalue weighted by atomic mass is 10.2. The number of fused-ring (bicyclic) bond motifs is 1. The Balaban J connectivity index is 1.77. The maximum Gasteiger partial charge on any atom is 0.243 e. The zero-order valence-corrected chi connectivity index (χ0v) is 16.9. The van der Waals surface area contributed by atoms with Crippen LogP contribution in [0.1, 0.15) is 33.1 Å². The van der Waals surface area contributed by atoms with E-state index in [4.69, 9.17) is 0 Å². The normalized spacial score (nSPS) is 23.7. The molecule has 0 aliphatic carbocycles. The van der Waals surface area contributed by atoms with Gasteiger partial charge in [-0.25, -0.2) is 21.6 Å². The summed E-state index contributed by atoms with van der Waals surface area (Å²) in [6.45, 7) is 6.49. The van der Waals surface area contributed by atoms with Crippen molar-refractivity contribution < 1.29 is 16.8 Å². The Morgan fingerprint density at radius 1 is 1.08 bits per heavy atom. The zero-order valence-electron chi connectivity index (χ0n) is 15.3. The minimum atomic E-state index is -3.64. The first-order valence-corrected chi connectivity index (χ1v) is 12.0. The number of piperazine rings is 1. The molecule has 2 unspecified atom stereocenters. The number of hydrogen-bond donors (Lipinski definition) is 1. The van der Waals surface area contributed by atoms with Gasteiger partial charge in [-0.2, -0.15) is 4.31 Å². The van der Waals surface area contributed by atoms with Crippen molar-refractivity contribution in [3.63, 3.8) is 0 Å². The molecular formula is C17H27N3O4S2. The molecule has 1 aromatic rings. The van der Waals surface area contributed by atoms with Gasteiger partial charge in [0, 0.05) is 31.7 Å². The van der Waals surface area contributed by atoms with Crippen LogP contribution in [0.15, 0.2) is 34.1 Å². The second-order valence-electron chi connectivity index (χ2n) is 7.10. The molecule has 146 valence electrons. The van der Waals surface area contributed by atoms with Crippen LogP contribution in [-0.4, -0.2) is 64.3 Å². The Labute approximate surface area is 156 Å². The summed E-state index contributed by atoms with van der Waals surface area (Å²) in [7, 11) is -7.23. The number of hydrogen-bond acceptors (Lipinski definition) is 5. The lowest BCUT2D eigenvalue weighted by Crippen LogP contribution is -2.51. The number of sulfonamides is 2. The van der Waals surface area contributed by atoms with Crippen molar-refractivity contribution in [2.24, 2.45) is 0 Å². The van der Waals surface area contributed by atoms with Crippen LogP contribution in [0.3, 0.4) is 0 Å². The third-order valence-corrected chi connectivity index (χ3v) is 8.78. The molecule has 0 amide bonds. The Hall–Kier alpha value is -1.00. The fraction of sp³-hybridized carbons (Fsp3) is 0.647. The largest absolute Gasteiger partial charge is 0.298 e. The van der Waals surface area contributed by atoms with Gasteiger partial charge in [0.2, 0.25) is 20.0 Å². The average molecular weight is 402 g/mol. The summed E-state index contributed by atoms with van der Waals surface area (Å²) in [5.41, 5.74) is 0. The van der Waals surface area contributed by atoms with Crippen LogP contribution in [-0.2, 0) is 20.0 Å². The highest BCUT2D eigenvalue weighted by Gasteiger charge is 2.36. The van der Waals surface area contributed by atoms with Crippen molar-refractivity contribution in [2.75, 3.05) is 26.2 Å². The Morgan fingerprint density at radius 2 is 1.73 bits per heavy atom. The van der Waals surface area contributed by atoms with Gasteiger partial charge in [0.15, 0.2) is 0 Å². The molecule has 1 N–H and O–H groups in total. The summed E-state index contributed by atoms with van der Waals surface area (Å²) in [6, 6.07) is 5.64. The lowest BCUT2D eigenvalue weighted by Gasteiger charge is -2.36. The smallest absolute Gasteiger partial charge is 0.243 e. The molecule has 0 spiro atoms. The van der Waals surface area contributed by atoms with Gasteiger partial charge in [-0.1, -0.05) is 6.92 Å². The number of nitrogens with zero attached hydrogens (tertiary/aromatic N) is 2. The standard InChI is InChI=1S/C17H27N3O4S2/c1-3-14(2)18-25(21,22)16-6-8-17(9-7-16)26(23,24)20-12-11-19-10-4-5-15(19)13-20/h6-9,14-15,18H,3-5,10-13H2,1-2H3. The third-order valence-electron chi connectivity index (χ3n) is 5.29. The summed E-state index contributed by atoms with van der Waals surface area (Å²) in [5, 5.41) is 0. The van der Waals surface area contributed by atoms with E-state index in [2.05, 4.69) is 9.62 Å². The summed E-state index contributed by atoms with van der Waals surface area (Å²) in [6.07, 6.45) is 2.83. The summed E-state index contributed by atoms with van der Waals surface area (Å²) in [5.74, 6) is 0. The lowest BCUT2D eigenvalue weighted by molar-refractivity contribution is 0.158. The molecule has 2 saturated heterocycles. The maximum atomic E-state index is 12.9. The van der Waals surface area contributed by atoms with Crippen molar-refractivity contribution in [1.29, 1.82) is 0 Å². The predicted octanol–water partition coefficient (Wildman–Crippen LogP) is 1.23. The van der Waals surface area contributed by atoms with E-state index in [1.165, 1.54) is 28.6 Å². The van der Waals surface area contributed by atoms with Crippen molar-refractivity contribution in [1.82, 2.24) is 13.9 Å². The highest BCUT2D eigenvalue weighted by Crippen LogP contribution is 2.26. The van der Waals surface area contributed by atoms with Gasteiger partial charge in [0.1, 0.15) is 0 Å². The SMILES string of the molecule is CCC(C)NS(=O)(=O)c1ccc(S(=O)(=O)N2CCN3CCCC3C2)cc1. The van der Waals surface area contributed by atoms with E-state index in [1.807, 2.05) is 6.92 Å². The fourth-order valence-corrected chi connectivity index (χ4v) is 6.33. The molecule has 3 rings (SSSR count). The number of nitrogens with one attached hydrogen (secondary N) is 1. The monoisotopic (exact) mass is 401 g/mol. The van der Waals surface area contributed by atoms with Crippen molar-refractivity contribution in [3.05, 3.63) is 24.3 Å². The minimum absolute atomic E-state index is 0.0809. The van der Waals surface area contributed by atoms with Crippen molar-refractivity contribution in [2.45, 2.75) is 55.0 Å². The first kappa shape index (κ1) is 19.8. The molecule has 26 heavy (non-hydrogen) atoms. The van der Waals surface area contributed by atoms with Gasteiger partial charge < -0.3 is 0 Å². The second kappa shape index (κ2) is 7.55. The van der Waals surface area contributed by atoms with E-state index < -0.39 is 20.0 Å². The van der Waals surface area contributed by atoms with E-state index in [-0.39, 0.29) is 15.8 Å². The maximum absolute atomic E-state index is 12.9. The van der Waals surface area contributed by atoms with Gasteiger partial charge in [-0.05, 0) is 57.0 Å². The highest BCUT2D eigenvalue weighted by molar-refractivity contribution is 7.89. The van der Waals surface area contributed by atoms with Gasteiger partial charge in [-0.3, -0.25) is 4.90 Å². The minimum Gasteiger partial charge on any atom is -0.298 e. The van der Waals surface area contributed by atoms with Crippen LogP contribution in [0.5, 0.6) is 0 Å². The first-order valence-electron chi connectivity index (χ1n) is 9.10. The molecule has 2 heterocycles. The van der Waals surface area contributed by atoms with Gasteiger partial charge in [-0.15, -0.1) is 0 Å². The molecule has 2 aliphatic heterocycles. The molecule has 2 aliphatic rings. The average Bonchev–Trinajstić information content (AvgIpc) is 3.09. The van der Waals surface area contributed by atoms with E-state index in [0.717, 1.165) is 25.9 Å². The highest BCUT2D eigenvalue weighted by atomic mass is 32.2. The van der Waals surface area contributed by atoms with Crippen molar-refractivity contribution in [3.8, 4) is 0 Å². The van der Waals surface area contributed by atoms with Gasteiger partial charge in [0.25, 0.3) is 0 Å². The Kier molecular flexibility index (Phi) is 5.74. The van der Waals surface area contributed by atoms with Crippen molar-refractivity contribution >= 4 is 20.0 Å². The first-order chi connectivity index (χ1) is 12.2. The number of rotatable bonds is 6. The summed E-state index contributed by atoms with van der Waals surface area (Å²) < 4.78 is 54.5. The van der Waals surface area contributed by atoms with Crippen LogP contribution in [0, 0.1) is 0 Å². The molecule has 0 saturated carbocycles. The fourth-order valence-electron chi connectivity index (χ4n) is 3.54. The van der Waals surface area contributed by atoms with E-state index in [0.29, 0.717) is 25.6 Å². The summed E-state index contributed by atoms with van der Waals surface area (Å²) >= 11 is 0. The van der Waals surface area contributed by atoms with Crippen LogP contribution >= 0.6 is 0 Å². The predicted molar refractivity (Wildman–Crippen MR) is 99.9 cm³/mol. The van der Waals surface area contributed by atoms with Gasteiger partial charge in [0.05, 0.1) is 9.79 Å². The molecule has 7 nitrogen and oxygen atoms in total. The van der Waals surface area contributed by atoms with Crippen LogP contribution < -0.4 is 4.72 Å². The van der Waals surface area contributed by atoms with Crippen LogP contribution in [0.4, 0.5) is 0 Å². The van der Waals surface area contributed by atoms with E-state index >= 15 is 0 Å². The Bertz CT molecular complexity index is 837. The molecule has 1 aromatic carbocycles.